The summed E-state index contributed by atoms with van der Waals surface area (Å²) < 4.78 is 0. The van der Waals surface area contributed by atoms with Crippen LogP contribution in [0.5, 0.6) is 0 Å². The van der Waals surface area contributed by atoms with Crippen molar-refractivity contribution in [3.05, 3.63) is 41.0 Å². The van der Waals surface area contributed by atoms with Gasteiger partial charge in [-0.15, -0.1) is 0 Å². The number of benzene rings is 1. The molecule has 6 heteroatoms. The van der Waals surface area contributed by atoms with E-state index in [1.54, 1.807) is 24.3 Å². The number of hydrogen-bond donors (Lipinski definition) is 3. The molecular weight excluding hydrogens is 296 g/mol. The normalized spacial score (nSPS) is 13.8. The Kier molecular flexibility index (Phi) is 5.51. The van der Waals surface area contributed by atoms with Crippen molar-refractivity contribution in [2.24, 2.45) is 0 Å². The van der Waals surface area contributed by atoms with Crippen molar-refractivity contribution < 1.29 is 19.5 Å². The predicted molar refractivity (Wildman–Crippen MR) is 86.0 cm³/mol. The van der Waals surface area contributed by atoms with E-state index in [1.165, 1.54) is 0 Å². The number of rotatable bonds is 6. The number of carboxylic acid groups (broad SMARTS) is 1. The van der Waals surface area contributed by atoms with E-state index in [9.17, 15) is 14.4 Å². The van der Waals surface area contributed by atoms with E-state index in [-0.39, 0.29) is 24.8 Å². The minimum Gasteiger partial charge on any atom is -0.480 e. The number of carbonyl (C=O) groups excluding carboxylic acids is 2. The number of amides is 2. The van der Waals surface area contributed by atoms with Crippen LogP contribution in [0.3, 0.4) is 0 Å². The zero-order chi connectivity index (χ0) is 16.8. The van der Waals surface area contributed by atoms with Crippen LogP contribution in [0.25, 0.3) is 0 Å². The second-order valence-electron chi connectivity index (χ2n) is 5.61. The van der Waals surface area contributed by atoms with Gasteiger partial charge in [-0.2, -0.15) is 0 Å². The number of allylic oxidation sites excluding steroid dienone is 1. The zero-order valence-electron chi connectivity index (χ0n) is 13.0. The first-order chi connectivity index (χ1) is 11.0. The number of nitrogens with one attached hydrogen (secondary N) is 2. The van der Waals surface area contributed by atoms with Gasteiger partial charge in [-0.05, 0) is 43.9 Å². The van der Waals surface area contributed by atoms with E-state index in [0.29, 0.717) is 5.69 Å². The summed E-state index contributed by atoms with van der Waals surface area (Å²) in [4.78, 5) is 34.1. The molecule has 23 heavy (non-hydrogen) atoms. The van der Waals surface area contributed by atoms with Gasteiger partial charge in [-0.25, -0.2) is 0 Å². The molecule has 0 spiro atoms. The summed E-state index contributed by atoms with van der Waals surface area (Å²) in [6.07, 6.45) is 2.93. The van der Waals surface area contributed by atoms with Crippen LogP contribution in [0.2, 0.25) is 0 Å². The van der Waals surface area contributed by atoms with Crippen molar-refractivity contribution in [2.45, 2.75) is 32.6 Å². The SMILES string of the molecule is CC1=C(C(=O)Nc2ccc(CC(=O)NCC(=O)O)cc2)CCC1. The Bertz CT molecular complexity index is 647. The molecule has 0 unspecified atom stereocenters. The monoisotopic (exact) mass is 316 g/mol. The maximum atomic E-state index is 12.1. The smallest absolute Gasteiger partial charge is 0.322 e. The summed E-state index contributed by atoms with van der Waals surface area (Å²) in [5, 5.41) is 13.7. The third-order valence-electron chi connectivity index (χ3n) is 3.78. The summed E-state index contributed by atoms with van der Waals surface area (Å²) in [5.41, 5.74) is 3.44. The molecular formula is C17H20N2O4. The van der Waals surface area contributed by atoms with Crippen molar-refractivity contribution in [2.75, 3.05) is 11.9 Å². The van der Waals surface area contributed by atoms with E-state index >= 15 is 0 Å². The molecule has 1 aliphatic rings. The van der Waals surface area contributed by atoms with Gasteiger partial charge in [0.05, 0.1) is 6.42 Å². The Morgan fingerprint density at radius 3 is 2.39 bits per heavy atom. The van der Waals surface area contributed by atoms with Crippen LogP contribution in [-0.4, -0.2) is 29.4 Å². The van der Waals surface area contributed by atoms with Gasteiger partial charge in [0.2, 0.25) is 5.91 Å². The summed E-state index contributed by atoms with van der Waals surface area (Å²) in [5.74, 6) is -1.49. The summed E-state index contributed by atoms with van der Waals surface area (Å²) in [6, 6.07) is 6.96. The first-order valence-corrected chi connectivity index (χ1v) is 7.53. The van der Waals surface area contributed by atoms with Crippen LogP contribution in [-0.2, 0) is 20.8 Å². The van der Waals surface area contributed by atoms with Crippen molar-refractivity contribution >= 4 is 23.5 Å². The lowest BCUT2D eigenvalue weighted by atomic mass is 10.1. The fourth-order valence-corrected chi connectivity index (χ4v) is 2.54. The van der Waals surface area contributed by atoms with Gasteiger partial charge in [-0.3, -0.25) is 14.4 Å². The number of anilines is 1. The van der Waals surface area contributed by atoms with Crippen LogP contribution in [0, 0.1) is 0 Å². The predicted octanol–water partition coefficient (Wildman–Crippen LogP) is 1.87. The van der Waals surface area contributed by atoms with Gasteiger partial charge in [0.15, 0.2) is 0 Å². The number of aliphatic carboxylic acids is 1. The number of carbonyl (C=O) groups is 3. The van der Waals surface area contributed by atoms with Gasteiger partial charge in [0.1, 0.15) is 6.54 Å². The van der Waals surface area contributed by atoms with Gasteiger partial charge in [0, 0.05) is 11.3 Å². The average Bonchev–Trinajstić information content (AvgIpc) is 2.93. The molecule has 6 nitrogen and oxygen atoms in total. The van der Waals surface area contributed by atoms with Gasteiger partial charge in [-0.1, -0.05) is 17.7 Å². The van der Waals surface area contributed by atoms with Gasteiger partial charge >= 0.3 is 5.97 Å². The second-order valence-corrected chi connectivity index (χ2v) is 5.61. The van der Waals surface area contributed by atoms with Crippen LogP contribution in [0.4, 0.5) is 5.69 Å². The Balaban J connectivity index is 1.89. The van der Waals surface area contributed by atoms with E-state index in [2.05, 4.69) is 10.6 Å². The molecule has 0 radical (unpaired) electrons. The lowest BCUT2D eigenvalue weighted by molar-refractivity contribution is -0.137. The Labute approximate surface area is 134 Å². The Morgan fingerprint density at radius 1 is 1.13 bits per heavy atom. The van der Waals surface area contributed by atoms with E-state index < -0.39 is 5.97 Å². The maximum absolute atomic E-state index is 12.1. The highest BCUT2D eigenvalue weighted by Gasteiger charge is 2.17. The molecule has 0 aromatic heterocycles. The van der Waals surface area contributed by atoms with Crippen molar-refractivity contribution in [3.63, 3.8) is 0 Å². The van der Waals surface area contributed by atoms with Crippen LogP contribution < -0.4 is 10.6 Å². The molecule has 122 valence electrons. The fourth-order valence-electron chi connectivity index (χ4n) is 2.54. The lowest BCUT2D eigenvalue weighted by Crippen LogP contribution is -2.30. The highest BCUT2D eigenvalue weighted by Crippen LogP contribution is 2.26. The van der Waals surface area contributed by atoms with Crippen molar-refractivity contribution in [3.8, 4) is 0 Å². The lowest BCUT2D eigenvalue weighted by Gasteiger charge is -2.08. The molecule has 0 atom stereocenters. The minimum absolute atomic E-state index is 0.0630. The van der Waals surface area contributed by atoms with Crippen LogP contribution >= 0.6 is 0 Å². The Hall–Kier alpha value is -2.63. The average molecular weight is 316 g/mol. The first-order valence-electron chi connectivity index (χ1n) is 7.53. The summed E-state index contributed by atoms with van der Waals surface area (Å²) >= 11 is 0. The number of hydrogen-bond acceptors (Lipinski definition) is 3. The zero-order valence-corrected chi connectivity index (χ0v) is 13.0. The van der Waals surface area contributed by atoms with E-state index in [0.717, 1.165) is 36.0 Å². The second kappa shape index (κ2) is 7.58. The summed E-state index contributed by atoms with van der Waals surface area (Å²) in [6.45, 7) is 1.60. The molecule has 0 fully saturated rings. The van der Waals surface area contributed by atoms with Gasteiger partial charge in [0.25, 0.3) is 5.91 Å². The molecule has 1 aromatic rings. The molecule has 0 saturated heterocycles. The minimum atomic E-state index is -1.08. The highest BCUT2D eigenvalue weighted by atomic mass is 16.4. The largest absolute Gasteiger partial charge is 0.480 e. The first kappa shape index (κ1) is 16.7. The van der Waals surface area contributed by atoms with Gasteiger partial charge < -0.3 is 15.7 Å². The van der Waals surface area contributed by atoms with Crippen LogP contribution in [0.1, 0.15) is 31.7 Å². The third kappa shape index (κ3) is 4.95. The molecule has 0 aliphatic heterocycles. The molecule has 2 rings (SSSR count). The fraction of sp³-hybridized carbons (Fsp3) is 0.353. The third-order valence-corrected chi connectivity index (χ3v) is 3.78. The van der Waals surface area contributed by atoms with Crippen molar-refractivity contribution in [1.82, 2.24) is 5.32 Å². The quantitative estimate of drug-likeness (QED) is 0.746. The van der Waals surface area contributed by atoms with Crippen LogP contribution in [0.15, 0.2) is 35.4 Å². The molecule has 0 saturated carbocycles. The number of carboxylic acids is 1. The topological polar surface area (TPSA) is 95.5 Å². The highest BCUT2D eigenvalue weighted by molar-refractivity contribution is 6.04. The van der Waals surface area contributed by atoms with E-state index in [1.807, 2.05) is 6.92 Å². The maximum Gasteiger partial charge on any atom is 0.322 e. The molecule has 3 N–H and O–H groups in total. The molecule has 0 heterocycles. The summed E-state index contributed by atoms with van der Waals surface area (Å²) in [7, 11) is 0. The molecule has 2 amide bonds. The molecule has 0 bridgehead atoms. The molecule has 1 aromatic carbocycles. The molecule has 1 aliphatic carbocycles. The standard InChI is InChI=1S/C17H20N2O4/c1-11-3-2-4-14(11)17(23)19-13-7-5-12(6-8-13)9-15(20)18-10-16(21)22/h5-8H,2-4,9-10H2,1H3,(H,18,20)(H,19,23)(H,21,22). The van der Waals surface area contributed by atoms with E-state index in [4.69, 9.17) is 5.11 Å². The van der Waals surface area contributed by atoms with Crippen molar-refractivity contribution in [1.29, 1.82) is 0 Å². The Morgan fingerprint density at radius 2 is 1.83 bits per heavy atom.